The topological polar surface area (TPSA) is 38.5 Å². The minimum Gasteiger partial charge on any atom is -0.377 e. The van der Waals surface area contributed by atoms with E-state index in [1.54, 1.807) is 0 Å². The van der Waals surface area contributed by atoms with Gasteiger partial charge in [0.2, 0.25) is 0 Å². The first kappa shape index (κ1) is 15.5. The highest BCUT2D eigenvalue weighted by Crippen LogP contribution is 2.24. The lowest BCUT2D eigenvalue weighted by Gasteiger charge is -2.35. The first-order valence-corrected chi connectivity index (χ1v) is 7.87. The molecule has 0 radical (unpaired) electrons. The van der Waals surface area contributed by atoms with Gasteiger partial charge < -0.3 is 10.5 Å². The monoisotopic (exact) mass is 276 g/mol. The first-order valence-electron chi connectivity index (χ1n) is 7.87. The number of rotatable bonds is 7. The molecule has 0 aliphatic carbocycles. The fourth-order valence-corrected chi connectivity index (χ4v) is 3.20. The van der Waals surface area contributed by atoms with Gasteiger partial charge in [-0.05, 0) is 30.9 Å². The highest BCUT2D eigenvalue weighted by Gasteiger charge is 2.27. The summed E-state index contributed by atoms with van der Waals surface area (Å²) in [5, 5.41) is 0. The second-order valence-electron chi connectivity index (χ2n) is 5.72. The van der Waals surface area contributed by atoms with Crippen LogP contribution in [-0.4, -0.2) is 43.3 Å². The Morgan fingerprint density at radius 2 is 2.10 bits per heavy atom. The molecule has 0 spiro atoms. The summed E-state index contributed by atoms with van der Waals surface area (Å²) in [6.07, 6.45) is 2.78. The van der Waals surface area contributed by atoms with Crippen LogP contribution < -0.4 is 5.73 Å². The van der Waals surface area contributed by atoms with Crippen molar-refractivity contribution in [1.29, 1.82) is 0 Å². The molecular weight excluding hydrogens is 248 g/mol. The van der Waals surface area contributed by atoms with Gasteiger partial charge in [-0.1, -0.05) is 44.2 Å². The summed E-state index contributed by atoms with van der Waals surface area (Å²) in [5.74, 6) is 0.447. The fourth-order valence-electron chi connectivity index (χ4n) is 3.20. The second kappa shape index (κ2) is 7.77. The number of hydrogen-bond acceptors (Lipinski definition) is 3. The molecular formula is C17H28N2O. The van der Waals surface area contributed by atoms with Crippen LogP contribution in [0.4, 0.5) is 0 Å². The van der Waals surface area contributed by atoms with Crippen molar-refractivity contribution < 1.29 is 4.74 Å². The Labute approximate surface area is 123 Å². The SMILES string of the molecule is CCN(CC1CCCO1)C(CN)C(C)c1ccccc1. The molecule has 1 aromatic carbocycles. The van der Waals surface area contributed by atoms with Gasteiger partial charge >= 0.3 is 0 Å². The van der Waals surface area contributed by atoms with Gasteiger partial charge in [0.15, 0.2) is 0 Å². The highest BCUT2D eigenvalue weighted by molar-refractivity contribution is 5.20. The quantitative estimate of drug-likeness (QED) is 0.832. The normalized spacial score (nSPS) is 22.1. The van der Waals surface area contributed by atoms with Crippen molar-refractivity contribution in [1.82, 2.24) is 4.90 Å². The van der Waals surface area contributed by atoms with Gasteiger partial charge in [0.05, 0.1) is 6.10 Å². The Bertz CT molecular complexity index is 376. The van der Waals surface area contributed by atoms with E-state index in [2.05, 4.69) is 49.1 Å². The average molecular weight is 276 g/mol. The highest BCUT2D eigenvalue weighted by atomic mass is 16.5. The van der Waals surface area contributed by atoms with Crippen molar-refractivity contribution >= 4 is 0 Å². The maximum atomic E-state index is 6.08. The van der Waals surface area contributed by atoms with Crippen molar-refractivity contribution in [2.45, 2.75) is 44.8 Å². The molecule has 20 heavy (non-hydrogen) atoms. The van der Waals surface area contributed by atoms with E-state index < -0.39 is 0 Å². The van der Waals surface area contributed by atoms with Crippen LogP contribution in [0.5, 0.6) is 0 Å². The molecule has 3 heteroatoms. The van der Waals surface area contributed by atoms with Gasteiger partial charge in [-0.15, -0.1) is 0 Å². The van der Waals surface area contributed by atoms with Crippen LogP contribution in [0.25, 0.3) is 0 Å². The molecule has 0 bridgehead atoms. The summed E-state index contributed by atoms with van der Waals surface area (Å²) >= 11 is 0. The zero-order chi connectivity index (χ0) is 14.4. The van der Waals surface area contributed by atoms with E-state index in [0.717, 1.165) is 19.7 Å². The summed E-state index contributed by atoms with van der Waals surface area (Å²) in [6.45, 7) is 8.15. The molecule has 3 unspecified atom stereocenters. The zero-order valence-corrected chi connectivity index (χ0v) is 12.8. The zero-order valence-electron chi connectivity index (χ0n) is 12.8. The Balaban J connectivity index is 2.03. The van der Waals surface area contributed by atoms with Crippen molar-refractivity contribution in [2.75, 3.05) is 26.2 Å². The predicted molar refractivity (Wildman–Crippen MR) is 83.9 cm³/mol. The summed E-state index contributed by atoms with van der Waals surface area (Å²) in [5.41, 5.74) is 7.45. The maximum absolute atomic E-state index is 6.08. The Morgan fingerprint density at radius 1 is 1.35 bits per heavy atom. The number of hydrogen-bond donors (Lipinski definition) is 1. The molecule has 1 fully saturated rings. The molecule has 112 valence electrons. The molecule has 0 aromatic heterocycles. The molecule has 3 atom stereocenters. The molecule has 3 nitrogen and oxygen atoms in total. The van der Waals surface area contributed by atoms with Crippen molar-refractivity contribution in [3.63, 3.8) is 0 Å². The van der Waals surface area contributed by atoms with E-state index >= 15 is 0 Å². The molecule has 2 rings (SSSR count). The summed E-state index contributed by atoms with van der Waals surface area (Å²) in [6, 6.07) is 11.1. The van der Waals surface area contributed by atoms with Crippen molar-refractivity contribution in [3.05, 3.63) is 35.9 Å². The number of ether oxygens (including phenoxy) is 1. The van der Waals surface area contributed by atoms with Crippen LogP contribution >= 0.6 is 0 Å². The van der Waals surface area contributed by atoms with Crippen molar-refractivity contribution in [3.8, 4) is 0 Å². The lowest BCUT2D eigenvalue weighted by atomic mass is 9.92. The van der Waals surface area contributed by atoms with Gasteiger partial charge in [0.1, 0.15) is 0 Å². The van der Waals surface area contributed by atoms with Gasteiger partial charge in [0.25, 0.3) is 0 Å². The smallest absolute Gasteiger partial charge is 0.0702 e. The predicted octanol–water partition coefficient (Wildman–Crippen LogP) is 2.62. The average Bonchev–Trinajstić information content (AvgIpc) is 3.00. The van der Waals surface area contributed by atoms with Gasteiger partial charge in [-0.2, -0.15) is 0 Å². The van der Waals surface area contributed by atoms with E-state index in [9.17, 15) is 0 Å². The molecule has 1 aliphatic rings. The fraction of sp³-hybridized carbons (Fsp3) is 0.647. The van der Waals surface area contributed by atoms with Crippen LogP contribution in [0.2, 0.25) is 0 Å². The lowest BCUT2D eigenvalue weighted by Crippen LogP contribution is -2.47. The van der Waals surface area contributed by atoms with Crippen LogP contribution in [0.15, 0.2) is 30.3 Å². The molecule has 0 saturated carbocycles. The van der Waals surface area contributed by atoms with Crippen LogP contribution in [0.3, 0.4) is 0 Å². The van der Waals surface area contributed by atoms with Crippen LogP contribution in [0, 0.1) is 0 Å². The molecule has 1 saturated heterocycles. The van der Waals surface area contributed by atoms with Gasteiger partial charge in [-0.25, -0.2) is 0 Å². The Hall–Kier alpha value is -0.900. The lowest BCUT2D eigenvalue weighted by molar-refractivity contribution is 0.0561. The van der Waals surface area contributed by atoms with Gasteiger partial charge in [0, 0.05) is 25.7 Å². The number of nitrogens with zero attached hydrogens (tertiary/aromatic N) is 1. The molecule has 1 aliphatic heterocycles. The maximum Gasteiger partial charge on any atom is 0.0702 e. The van der Waals surface area contributed by atoms with Crippen LogP contribution in [-0.2, 0) is 4.74 Å². The van der Waals surface area contributed by atoms with E-state index in [1.165, 1.54) is 18.4 Å². The molecule has 2 N–H and O–H groups in total. The van der Waals surface area contributed by atoms with Crippen LogP contribution in [0.1, 0.15) is 38.2 Å². The summed E-state index contributed by atoms with van der Waals surface area (Å²) in [4.78, 5) is 2.49. The van der Waals surface area contributed by atoms with E-state index in [-0.39, 0.29) is 0 Å². The summed E-state index contributed by atoms with van der Waals surface area (Å²) in [7, 11) is 0. The standard InChI is InChI=1S/C17H28N2O/c1-3-19(13-16-10-7-11-20-16)17(12-18)14(2)15-8-5-4-6-9-15/h4-6,8-9,14,16-17H,3,7,10-13,18H2,1-2H3. The number of nitrogens with two attached hydrogens (primary N) is 1. The first-order chi connectivity index (χ1) is 9.76. The molecule has 1 heterocycles. The Morgan fingerprint density at radius 3 is 2.65 bits per heavy atom. The molecule has 1 aromatic rings. The molecule has 0 amide bonds. The minimum absolute atomic E-state index is 0.381. The number of likely N-dealkylation sites (N-methyl/N-ethyl adjacent to an activating group) is 1. The third-order valence-corrected chi connectivity index (χ3v) is 4.48. The third kappa shape index (κ3) is 3.81. The Kier molecular flexibility index (Phi) is 6.02. The van der Waals surface area contributed by atoms with Gasteiger partial charge in [-0.3, -0.25) is 4.90 Å². The number of benzene rings is 1. The van der Waals surface area contributed by atoms with E-state index in [4.69, 9.17) is 10.5 Å². The second-order valence-corrected chi connectivity index (χ2v) is 5.72. The largest absolute Gasteiger partial charge is 0.377 e. The minimum atomic E-state index is 0.381. The van der Waals surface area contributed by atoms with E-state index in [0.29, 0.717) is 24.6 Å². The summed E-state index contributed by atoms with van der Waals surface area (Å²) < 4.78 is 5.78. The third-order valence-electron chi connectivity index (χ3n) is 4.48. The van der Waals surface area contributed by atoms with E-state index in [1.807, 2.05) is 0 Å². The van der Waals surface area contributed by atoms with Crippen molar-refractivity contribution in [2.24, 2.45) is 5.73 Å².